The summed E-state index contributed by atoms with van der Waals surface area (Å²) in [7, 11) is 0. The third-order valence-electron chi connectivity index (χ3n) is 5.09. The minimum atomic E-state index is 0.931. The molecule has 5 rings (SSSR count). The minimum absolute atomic E-state index is 0.931. The van der Waals surface area contributed by atoms with Gasteiger partial charge < -0.3 is 4.57 Å². The minimum Gasteiger partial charge on any atom is -0.301 e. The summed E-state index contributed by atoms with van der Waals surface area (Å²) >= 11 is 0. The van der Waals surface area contributed by atoms with E-state index >= 15 is 0 Å². The summed E-state index contributed by atoms with van der Waals surface area (Å²) in [6.07, 6.45) is 6.17. The highest BCUT2D eigenvalue weighted by Crippen LogP contribution is 2.28. The van der Waals surface area contributed by atoms with Gasteiger partial charge in [-0.05, 0) is 58.7 Å². The smallest absolute Gasteiger partial charge is 0.137 e. The first-order valence-corrected chi connectivity index (χ1v) is 9.73. The predicted molar refractivity (Wildman–Crippen MR) is 121 cm³/mol. The molecule has 0 atom stereocenters. The molecule has 0 saturated carbocycles. The van der Waals surface area contributed by atoms with Crippen molar-refractivity contribution in [3.8, 4) is 5.82 Å². The largest absolute Gasteiger partial charge is 0.301 e. The first-order valence-electron chi connectivity index (χ1n) is 9.73. The van der Waals surface area contributed by atoms with E-state index in [2.05, 4.69) is 107 Å². The van der Waals surface area contributed by atoms with Crippen LogP contribution in [0.1, 0.15) is 16.7 Å². The maximum atomic E-state index is 4.47. The highest BCUT2D eigenvalue weighted by Gasteiger charge is 2.07. The van der Waals surface area contributed by atoms with Gasteiger partial charge in [0.1, 0.15) is 5.82 Å². The Morgan fingerprint density at radius 2 is 1.38 bits per heavy atom. The van der Waals surface area contributed by atoms with Crippen LogP contribution in [0.15, 0.2) is 116 Å². The molecule has 0 aliphatic rings. The van der Waals surface area contributed by atoms with Crippen molar-refractivity contribution in [2.24, 2.45) is 0 Å². The molecule has 5 aromatic rings. The summed E-state index contributed by atoms with van der Waals surface area (Å²) in [5, 5.41) is 1.20. The van der Waals surface area contributed by atoms with Crippen molar-refractivity contribution in [1.82, 2.24) is 9.55 Å². The number of pyridine rings is 1. The molecule has 29 heavy (non-hydrogen) atoms. The SMILES string of the molecule is C(=C(c1ccccc1)c1ccccc1)c1ccc2c(ccn2-c2ccccn2)c1. The molecule has 0 radical (unpaired) electrons. The van der Waals surface area contributed by atoms with Gasteiger partial charge in [0, 0.05) is 17.8 Å². The van der Waals surface area contributed by atoms with Gasteiger partial charge in [0.2, 0.25) is 0 Å². The Morgan fingerprint density at radius 1 is 0.690 bits per heavy atom. The van der Waals surface area contributed by atoms with E-state index in [1.54, 1.807) is 0 Å². The van der Waals surface area contributed by atoms with Gasteiger partial charge in [-0.2, -0.15) is 0 Å². The zero-order valence-electron chi connectivity index (χ0n) is 15.9. The van der Waals surface area contributed by atoms with E-state index in [9.17, 15) is 0 Å². The molecular formula is C27H20N2. The zero-order chi connectivity index (χ0) is 19.5. The molecule has 2 heterocycles. The number of rotatable bonds is 4. The molecule has 0 fully saturated rings. The standard InChI is InChI=1S/C27H20N2/c1-3-9-22(10-4-1)25(23-11-5-2-6-12-23)20-21-14-15-26-24(19-21)16-18-29(26)27-13-7-8-17-28-27/h1-20H. The van der Waals surface area contributed by atoms with Crippen LogP contribution in [-0.4, -0.2) is 9.55 Å². The van der Waals surface area contributed by atoms with Crippen molar-refractivity contribution in [1.29, 1.82) is 0 Å². The zero-order valence-corrected chi connectivity index (χ0v) is 15.9. The summed E-state index contributed by atoms with van der Waals surface area (Å²) in [6, 6.07) is 35.8. The average Bonchev–Trinajstić information content (AvgIpc) is 3.22. The van der Waals surface area contributed by atoms with Crippen LogP contribution < -0.4 is 0 Å². The van der Waals surface area contributed by atoms with Crippen molar-refractivity contribution >= 4 is 22.6 Å². The fourth-order valence-corrected chi connectivity index (χ4v) is 3.68. The normalized spacial score (nSPS) is 10.8. The Labute approximate surface area is 170 Å². The first-order chi connectivity index (χ1) is 14.4. The molecule has 3 aromatic carbocycles. The topological polar surface area (TPSA) is 17.8 Å². The van der Waals surface area contributed by atoms with Gasteiger partial charge in [-0.25, -0.2) is 4.98 Å². The van der Waals surface area contributed by atoms with Crippen LogP contribution in [0.3, 0.4) is 0 Å². The summed E-state index contributed by atoms with van der Waals surface area (Å²) < 4.78 is 2.12. The molecule has 2 aromatic heterocycles. The maximum Gasteiger partial charge on any atom is 0.137 e. The van der Waals surface area contributed by atoms with Gasteiger partial charge in [0.05, 0.1) is 5.52 Å². The number of hydrogen-bond acceptors (Lipinski definition) is 1. The number of fused-ring (bicyclic) bond motifs is 1. The Morgan fingerprint density at radius 3 is 2.03 bits per heavy atom. The molecule has 0 N–H and O–H groups in total. The van der Waals surface area contributed by atoms with E-state index in [0.29, 0.717) is 0 Å². The van der Waals surface area contributed by atoms with Crippen LogP contribution in [0.5, 0.6) is 0 Å². The van der Waals surface area contributed by atoms with Gasteiger partial charge >= 0.3 is 0 Å². The highest BCUT2D eigenvalue weighted by molar-refractivity contribution is 5.93. The lowest BCUT2D eigenvalue weighted by molar-refractivity contribution is 1.04. The molecule has 0 amide bonds. The van der Waals surface area contributed by atoms with Gasteiger partial charge in [-0.1, -0.05) is 72.8 Å². The molecule has 0 spiro atoms. The molecule has 0 saturated heterocycles. The number of aromatic nitrogens is 2. The Hall–Kier alpha value is -3.91. The Balaban J connectivity index is 1.61. The molecule has 0 aliphatic carbocycles. The molecule has 0 bridgehead atoms. The second-order valence-corrected chi connectivity index (χ2v) is 6.98. The summed E-state index contributed by atoms with van der Waals surface area (Å²) in [5.41, 5.74) is 5.98. The third kappa shape index (κ3) is 3.48. The average molecular weight is 372 g/mol. The van der Waals surface area contributed by atoms with E-state index in [0.717, 1.165) is 11.3 Å². The molecule has 2 nitrogen and oxygen atoms in total. The van der Waals surface area contributed by atoms with Crippen LogP contribution in [0.2, 0.25) is 0 Å². The van der Waals surface area contributed by atoms with E-state index in [-0.39, 0.29) is 0 Å². The van der Waals surface area contributed by atoms with Gasteiger partial charge in [-0.3, -0.25) is 0 Å². The quantitative estimate of drug-likeness (QED) is 0.324. The molecule has 0 aliphatic heterocycles. The van der Waals surface area contributed by atoms with E-state index < -0.39 is 0 Å². The molecule has 2 heteroatoms. The third-order valence-corrected chi connectivity index (χ3v) is 5.09. The van der Waals surface area contributed by atoms with Crippen LogP contribution in [0.4, 0.5) is 0 Å². The molecule has 0 unspecified atom stereocenters. The van der Waals surface area contributed by atoms with E-state index in [1.165, 1.54) is 27.6 Å². The van der Waals surface area contributed by atoms with Crippen molar-refractivity contribution in [3.05, 3.63) is 132 Å². The monoisotopic (exact) mass is 372 g/mol. The molecular weight excluding hydrogens is 352 g/mol. The number of hydrogen-bond donors (Lipinski definition) is 0. The van der Waals surface area contributed by atoms with Gasteiger partial charge in [0.25, 0.3) is 0 Å². The Kier molecular flexibility index (Phi) is 4.51. The Bertz CT molecular complexity index is 1230. The van der Waals surface area contributed by atoms with Gasteiger partial charge in [-0.15, -0.1) is 0 Å². The lowest BCUT2D eigenvalue weighted by atomic mass is 9.95. The summed E-state index contributed by atoms with van der Waals surface area (Å²) in [5.74, 6) is 0.931. The van der Waals surface area contributed by atoms with Crippen LogP contribution in [-0.2, 0) is 0 Å². The van der Waals surface area contributed by atoms with Crippen LogP contribution in [0, 0.1) is 0 Å². The van der Waals surface area contributed by atoms with Crippen LogP contribution >= 0.6 is 0 Å². The van der Waals surface area contributed by atoms with Crippen molar-refractivity contribution in [2.75, 3.05) is 0 Å². The highest BCUT2D eigenvalue weighted by atomic mass is 15.0. The number of nitrogens with zero attached hydrogens (tertiary/aromatic N) is 2. The fraction of sp³-hybridized carbons (Fsp3) is 0. The van der Waals surface area contributed by atoms with Crippen molar-refractivity contribution in [3.63, 3.8) is 0 Å². The summed E-state index contributed by atoms with van der Waals surface area (Å²) in [4.78, 5) is 4.47. The second-order valence-electron chi connectivity index (χ2n) is 6.98. The predicted octanol–water partition coefficient (Wildman–Crippen LogP) is 6.61. The first kappa shape index (κ1) is 17.2. The maximum absolute atomic E-state index is 4.47. The van der Waals surface area contributed by atoms with Gasteiger partial charge in [0.15, 0.2) is 0 Å². The second kappa shape index (κ2) is 7.61. The van der Waals surface area contributed by atoms with Crippen LogP contribution in [0.25, 0.3) is 28.4 Å². The summed E-state index contributed by atoms with van der Waals surface area (Å²) in [6.45, 7) is 0. The lowest BCUT2D eigenvalue weighted by Crippen LogP contribution is -1.94. The fourth-order valence-electron chi connectivity index (χ4n) is 3.68. The lowest BCUT2D eigenvalue weighted by Gasteiger charge is -2.09. The van der Waals surface area contributed by atoms with Crippen molar-refractivity contribution in [2.45, 2.75) is 0 Å². The van der Waals surface area contributed by atoms with Crippen molar-refractivity contribution < 1.29 is 0 Å². The number of benzene rings is 3. The van der Waals surface area contributed by atoms with E-state index in [1.807, 2.05) is 24.4 Å². The van der Waals surface area contributed by atoms with E-state index in [4.69, 9.17) is 0 Å². The molecule has 138 valence electrons.